The van der Waals surface area contributed by atoms with Gasteiger partial charge in [-0.05, 0) is 37.6 Å². The van der Waals surface area contributed by atoms with E-state index >= 15 is 0 Å². The Bertz CT molecular complexity index is 662. The molecule has 1 amide bonds. The number of piperidine rings is 1. The molecule has 3 rings (SSSR count). The van der Waals surface area contributed by atoms with Crippen molar-refractivity contribution in [3.8, 4) is 0 Å². The van der Waals surface area contributed by atoms with Crippen molar-refractivity contribution in [2.75, 3.05) is 13.1 Å². The highest BCUT2D eigenvalue weighted by atomic mass is 19.1. The Kier molecular flexibility index (Phi) is 4.98. The maximum absolute atomic E-state index is 13.8. The van der Waals surface area contributed by atoms with E-state index in [9.17, 15) is 9.18 Å². The fourth-order valence-corrected chi connectivity index (χ4v) is 2.96. The zero-order chi connectivity index (χ0) is 16.1. The first-order valence-electron chi connectivity index (χ1n) is 7.89. The predicted octanol–water partition coefficient (Wildman–Crippen LogP) is 2.62. The number of amides is 1. The van der Waals surface area contributed by atoms with Gasteiger partial charge in [-0.1, -0.05) is 18.2 Å². The average Bonchev–Trinajstić information content (AvgIpc) is 2.58. The highest BCUT2D eigenvalue weighted by molar-refractivity contribution is 5.94. The van der Waals surface area contributed by atoms with E-state index in [2.05, 4.69) is 15.2 Å². The van der Waals surface area contributed by atoms with Gasteiger partial charge in [0.1, 0.15) is 5.82 Å². The van der Waals surface area contributed by atoms with E-state index in [1.165, 1.54) is 6.07 Å². The number of aromatic nitrogens is 1. The van der Waals surface area contributed by atoms with E-state index in [1.54, 1.807) is 30.6 Å². The van der Waals surface area contributed by atoms with Gasteiger partial charge in [-0.15, -0.1) is 0 Å². The molecular formula is C18H20FN3O. The van der Waals surface area contributed by atoms with Crippen molar-refractivity contribution in [1.82, 2.24) is 15.2 Å². The lowest BCUT2D eigenvalue weighted by Gasteiger charge is -2.33. The molecule has 1 aromatic heterocycles. The van der Waals surface area contributed by atoms with E-state index in [1.807, 2.05) is 12.1 Å². The number of nitrogens with one attached hydrogen (secondary N) is 1. The third-order valence-corrected chi connectivity index (χ3v) is 4.14. The van der Waals surface area contributed by atoms with Gasteiger partial charge in [-0.25, -0.2) is 4.39 Å². The summed E-state index contributed by atoms with van der Waals surface area (Å²) in [5.41, 5.74) is 1.32. The van der Waals surface area contributed by atoms with Gasteiger partial charge in [-0.3, -0.25) is 14.7 Å². The number of rotatable bonds is 4. The number of benzene rings is 1. The first-order valence-corrected chi connectivity index (χ1v) is 7.89. The fourth-order valence-electron chi connectivity index (χ4n) is 2.96. The monoisotopic (exact) mass is 313 g/mol. The molecule has 2 aromatic rings. The zero-order valence-electron chi connectivity index (χ0n) is 12.9. The van der Waals surface area contributed by atoms with E-state index in [0.717, 1.165) is 25.9 Å². The standard InChI is InChI=1S/C18H20FN3O/c19-17-6-2-1-4-15(17)12-22-11-3-5-16(13-22)21-18(23)14-7-9-20-10-8-14/h1-2,4,6-10,16H,3,5,11-13H2,(H,21,23). The van der Waals surface area contributed by atoms with Crippen LogP contribution in [0.2, 0.25) is 0 Å². The van der Waals surface area contributed by atoms with E-state index in [4.69, 9.17) is 0 Å². The van der Waals surface area contributed by atoms with Gasteiger partial charge in [0, 0.05) is 42.7 Å². The highest BCUT2D eigenvalue weighted by Crippen LogP contribution is 2.16. The van der Waals surface area contributed by atoms with Crippen molar-refractivity contribution in [1.29, 1.82) is 0 Å². The predicted molar refractivity (Wildman–Crippen MR) is 86.4 cm³/mol. The largest absolute Gasteiger partial charge is 0.348 e. The molecule has 0 saturated carbocycles. The summed E-state index contributed by atoms with van der Waals surface area (Å²) in [5.74, 6) is -0.249. The summed E-state index contributed by atoms with van der Waals surface area (Å²) >= 11 is 0. The molecule has 23 heavy (non-hydrogen) atoms. The van der Waals surface area contributed by atoms with Gasteiger partial charge in [0.05, 0.1) is 0 Å². The molecule has 0 radical (unpaired) electrons. The van der Waals surface area contributed by atoms with Gasteiger partial charge in [0.25, 0.3) is 5.91 Å². The van der Waals surface area contributed by atoms with Crippen LogP contribution >= 0.6 is 0 Å². The number of likely N-dealkylation sites (tertiary alicyclic amines) is 1. The number of carbonyl (C=O) groups is 1. The Labute approximate surface area is 135 Å². The summed E-state index contributed by atoms with van der Waals surface area (Å²) in [6, 6.07) is 10.4. The quantitative estimate of drug-likeness (QED) is 0.944. The topological polar surface area (TPSA) is 45.2 Å². The molecule has 0 bridgehead atoms. The second kappa shape index (κ2) is 7.33. The van der Waals surface area contributed by atoms with E-state index < -0.39 is 0 Å². The van der Waals surface area contributed by atoms with Crippen LogP contribution in [0.3, 0.4) is 0 Å². The van der Waals surface area contributed by atoms with Crippen LogP contribution in [0.5, 0.6) is 0 Å². The van der Waals surface area contributed by atoms with Crippen LogP contribution < -0.4 is 5.32 Å². The number of hydrogen-bond acceptors (Lipinski definition) is 3. The van der Waals surface area contributed by atoms with E-state index in [0.29, 0.717) is 17.7 Å². The maximum Gasteiger partial charge on any atom is 0.251 e. The maximum atomic E-state index is 13.8. The smallest absolute Gasteiger partial charge is 0.251 e. The van der Waals surface area contributed by atoms with Crippen molar-refractivity contribution in [2.24, 2.45) is 0 Å². The molecular weight excluding hydrogens is 293 g/mol. The molecule has 1 fully saturated rings. The number of halogens is 1. The molecule has 120 valence electrons. The Morgan fingerprint density at radius 1 is 1.26 bits per heavy atom. The molecule has 0 aliphatic carbocycles. The van der Waals surface area contributed by atoms with Gasteiger partial charge in [0.2, 0.25) is 0 Å². The Hall–Kier alpha value is -2.27. The molecule has 1 N–H and O–H groups in total. The minimum atomic E-state index is -0.171. The minimum absolute atomic E-state index is 0.0786. The highest BCUT2D eigenvalue weighted by Gasteiger charge is 2.22. The molecule has 1 aromatic carbocycles. The molecule has 1 saturated heterocycles. The number of carbonyl (C=O) groups excluding carboxylic acids is 1. The summed E-state index contributed by atoms with van der Waals surface area (Å²) in [7, 11) is 0. The summed E-state index contributed by atoms with van der Waals surface area (Å²) in [6.45, 7) is 2.25. The van der Waals surface area contributed by atoms with Crippen molar-refractivity contribution >= 4 is 5.91 Å². The summed E-state index contributed by atoms with van der Waals surface area (Å²) in [5, 5.41) is 3.06. The lowest BCUT2D eigenvalue weighted by atomic mass is 10.0. The Morgan fingerprint density at radius 3 is 2.83 bits per heavy atom. The first-order chi connectivity index (χ1) is 11.2. The molecule has 0 spiro atoms. The Balaban J connectivity index is 1.58. The van der Waals surface area contributed by atoms with Crippen LogP contribution in [0.15, 0.2) is 48.8 Å². The number of hydrogen-bond donors (Lipinski definition) is 1. The van der Waals surface area contributed by atoms with Crippen molar-refractivity contribution in [2.45, 2.75) is 25.4 Å². The molecule has 1 unspecified atom stereocenters. The van der Waals surface area contributed by atoms with Crippen molar-refractivity contribution < 1.29 is 9.18 Å². The van der Waals surface area contributed by atoms with Gasteiger partial charge in [-0.2, -0.15) is 0 Å². The molecule has 1 atom stereocenters. The zero-order valence-corrected chi connectivity index (χ0v) is 12.9. The summed E-state index contributed by atoms with van der Waals surface area (Å²) in [6.07, 6.45) is 5.17. The summed E-state index contributed by atoms with van der Waals surface area (Å²) in [4.78, 5) is 18.3. The lowest BCUT2D eigenvalue weighted by Crippen LogP contribution is -2.47. The molecule has 4 nitrogen and oxygen atoms in total. The van der Waals surface area contributed by atoms with Crippen LogP contribution in [-0.4, -0.2) is 34.9 Å². The second-order valence-corrected chi connectivity index (χ2v) is 5.88. The number of pyridine rings is 1. The fraction of sp³-hybridized carbons (Fsp3) is 0.333. The summed E-state index contributed by atoms with van der Waals surface area (Å²) < 4.78 is 13.8. The third kappa shape index (κ3) is 4.13. The molecule has 2 heterocycles. The second-order valence-electron chi connectivity index (χ2n) is 5.88. The van der Waals surface area contributed by atoms with Crippen LogP contribution in [0.4, 0.5) is 4.39 Å². The Morgan fingerprint density at radius 2 is 2.04 bits per heavy atom. The van der Waals surface area contributed by atoms with E-state index in [-0.39, 0.29) is 17.8 Å². The van der Waals surface area contributed by atoms with Crippen molar-refractivity contribution in [3.05, 3.63) is 65.7 Å². The molecule has 1 aliphatic rings. The van der Waals surface area contributed by atoms with Crippen LogP contribution in [0.1, 0.15) is 28.8 Å². The minimum Gasteiger partial charge on any atom is -0.348 e. The molecule has 5 heteroatoms. The van der Waals surface area contributed by atoms with Crippen LogP contribution in [0, 0.1) is 5.82 Å². The SMILES string of the molecule is O=C(NC1CCCN(Cc2ccccc2F)C1)c1ccncc1. The lowest BCUT2D eigenvalue weighted by molar-refractivity contribution is 0.0900. The third-order valence-electron chi connectivity index (χ3n) is 4.14. The first kappa shape index (κ1) is 15.6. The number of nitrogens with zero attached hydrogens (tertiary/aromatic N) is 2. The normalized spacial score (nSPS) is 18.6. The van der Waals surface area contributed by atoms with Gasteiger partial charge in [0.15, 0.2) is 0 Å². The van der Waals surface area contributed by atoms with Crippen molar-refractivity contribution in [3.63, 3.8) is 0 Å². The van der Waals surface area contributed by atoms with Crippen LogP contribution in [-0.2, 0) is 6.54 Å². The van der Waals surface area contributed by atoms with Crippen LogP contribution in [0.25, 0.3) is 0 Å². The van der Waals surface area contributed by atoms with Gasteiger partial charge >= 0.3 is 0 Å². The average molecular weight is 313 g/mol. The van der Waals surface area contributed by atoms with Gasteiger partial charge < -0.3 is 5.32 Å². The molecule has 1 aliphatic heterocycles.